The van der Waals surface area contributed by atoms with Crippen LogP contribution >= 0.6 is 11.3 Å². The van der Waals surface area contributed by atoms with E-state index in [-0.39, 0.29) is 0 Å². The number of hydrogen-bond acceptors (Lipinski definition) is 3. The summed E-state index contributed by atoms with van der Waals surface area (Å²) in [4.78, 5) is 15.5. The van der Waals surface area contributed by atoms with E-state index in [2.05, 4.69) is 24.0 Å². The fourth-order valence-electron chi connectivity index (χ4n) is 1.81. The van der Waals surface area contributed by atoms with Crippen molar-refractivity contribution >= 4 is 17.3 Å². The number of unbranched alkanes of at least 4 members (excludes halogenated alkanes) is 1. The summed E-state index contributed by atoms with van der Waals surface area (Å²) >= 11 is 1.16. The number of hydrogen-bond donors (Lipinski definition) is 1. The number of carboxylic acid groups (broad SMARTS) is 1. The molecule has 2 rings (SSSR count). The number of aromatic carboxylic acids is 1. The molecule has 0 amide bonds. The van der Waals surface area contributed by atoms with Crippen molar-refractivity contribution in [3.63, 3.8) is 0 Å². The van der Waals surface area contributed by atoms with Crippen LogP contribution in [-0.4, -0.2) is 16.1 Å². The fraction of sp³-hybridized carbons (Fsp3) is 0.286. The van der Waals surface area contributed by atoms with Gasteiger partial charge < -0.3 is 5.11 Å². The van der Waals surface area contributed by atoms with Crippen LogP contribution in [0.4, 0.5) is 0 Å². The Bertz CT molecular complexity index is 531. The van der Waals surface area contributed by atoms with E-state index in [0.29, 0.717) is 10.6 Å². The Labute approximate surface area is 110 Å². The molecule has 18 heavy (non-hydrogen) atoms. The Balaban J connectivity index is 2.23. The summed E-state index contributed by atoms with van der Waals surface area (Å²) in [5.74, 6) is -0.914. The number of nitrogens with zero attached hydrogens (tertiary/aromatic N) is 1. The number of thiazole rings is 1. The minimum absolute atomic E-state index is 0.302. The first-order valence-corrected chi connectivity index (χ1v) is 6.86. The number of aromatic nitrogens is 1. The van der Waals surface area contributed by atoms with E-state index in [9.17, 15) is 4.79 Å². The molecule has 1 aromatic heterocycles. The Hall–Kier alpha value is -1.68. The lowest BCUT2D eigenvalue weighted by Crippen LogP contribution is -1.95. The average molecular weight is 261 g/mol. The molecule has 0 fully saturated rings. The van der Waals surface area contributed by atoms with Crippen molar-refractivity contribution in [2.24, 2.45) is 0 Å². The average Bonchev–Trinajstić information content (AvgIpc) is 2.86. The van der Waals surface area contributed by atoms with Crippen molar-refractivity contribution in [3.8, 4) is 11.3 Å². The third kappa shape index (κ3) is 2.76. The normalized spacial score (nSPS) is 10.5. The topological polar surface area (TPSA) is 50.2 Å². The molecule has 1 N–H and O–H groups in total. The molecule has 0 aliphatic rings. The smallest absolute Gasteiger partial charge is 0.348 e. The maximum atomic E-state index is 11.0. The second-order valence-electron chi connectivity index (χ2n) is 4.14. The van der Waals surface area contributed by atoms with E-state index in [1.807, 2.05) is 12.1 Å². The molecule has 0 aliphatic heterocycles. The number of rotatable bonds is 5. The van der Waals surface area contributed by atoms with Gasteiger partial charge in [-0.2, -0.15) is 0 Å². The van der Waals surface area contributed by atoms with Crippen molar-refractivity contribution < 1.29 is 9.90 Å². The highest BCUT2D eigenvalue weighted by Gasteiger charge is 2.14. The molecule has 0 spiro atoms. The lowest BCUT2D eigenvalue weighted by Gasteiger charge is -2.02. The minimum Gasteiger partial charge on any atom is -0.477 e. The van der Waals surface area contributed by atoms with Crippen LogP contribution in [0.25, 0.3) is 11.3 Å². The minimum atomic E-state index is -0.914. The highest BCUT2D eigenvalue weighted by Crippen LogP contribution is 2.25. The van der Waals surface area contributed by atoms with Crippen LogP contribution in [0, 0.1) is 0 Å². The van der Waals surface area contributed by atoms with E-state index in [0.717, 1.165) is 23.3 Å². The molecule has 3 nitrogen and oxygen atoms in total. The lowest BCUT2D eigenvalue weighted by atomic mass is 10.0. The quantitative estimate of drug-likeness (QED) is 0.889. The number of benzene rings is 1. The molecule has 0 unspecified atom stereocenters. The molecular formula is C14H15NO2S. The second-order valence-corrected chi connectivity index (χ2v) is 4.99. The number of carbonyl (C=O) groups is 1. The maximum Gasteiger partial charge on any atom is 0.348 e. The second kappa shape index (κ2) is 5.78. The van der Waals surface area contributed by atoms with Gasteiger partial charge in [0.05, 0.1) is 11.2 Å². The lowest BCUT2D eigenvalue weighted by molar-refractivity contribution is 0.0702. The van der Waals surface area contributed by atoms with Crippen LogP contribution in [0.3, 0.4) is 0 Å². The summed E-state index contributed by atoms with van der Waals surface area (Å²) in [6.07, 6.45) is 3.42. The van der Waals surface area contributed by atoms with Crippen LogP contribution in [0.1, 0.15) is 35.0 Å². The predicted octanol–water partition coefficient (Wildman–Crippen LogP) is 3.85. The van der Waals surface area contributed by atoms with Gasteiger partial charge >= 0.3 is 5.97 Å². The van der Waals surface area contributed by atoms with Crippen LogP contribution in [0.5, 0.6) is 0 Å². The van der Waals surface area contributed by atoms with Gasteiger partial charge in [0, 0.05) is 5.56 Å². The van der Waals surface area contributed by atoms with Crippen molar-refractivity contribution in [2.75, 3.05) is 0 Å². The van der Waals surface area contributed by atoms with Crippen LogP contribution in [-0.2, 0) is 6.42 Å². The summed E-state index contributed by atoms with van der Waals surface area (Å²) in [6.45, 7) is 2.17. The van der Waals surface area contributed by atoms with Crippen LogP contribution in [0.15, 0.2) is 29.8 Å². The summed E-state index contributed by atoms with van der Waals surface area (Å²) in [7, 11) is 0. The Kier molecular flexibility index (Phi) is 4.10. The van der Waals surface area contributed by atoms with Gasteiger partial charge in [-0.3, -0.25) is 0 Å². The van der Waals surface area contributed by atoms with Crippen LogP contribution in [0.2, 0.25) is 0 Å². The molecule has 0 saturated carbocycles. The van der Waals surface area contributed by atoms with Gasteiger partial charge in [0.15, 0.2) is 0 Å². The van der Waals surface area contributed by atoms with E-state index in [4.69, 9.17) is 5.11 Å². The Morgan fingerprint density at radius 2 is 2.06 bits per heavy atom. The summed E-state index contributed by atoms with van der Waals surface area (Å²) in [5.41, 5.74) is 4.29. The molecule has 4 heteroatoms. The van der Waals surface area contributed by atoms with Crippen molar-refractivity contribution in [1.82, 2.24) is 4.98 Å². The van der Waals surface area contributed by atoms with Gasteiger partial charge in [-0.05, 0) is 18.4 Å². The molecule has 0 radical (unpaired) electrons. The first-order chi connectivity index (χ1) is 8.72. The number of carboxylic acids is 1. The van der Waals surface area contributed by atoms with E-state index in [1.54, 1.807) is 5.51 Å². The Morgan fingerprint density at radius 3 is 2.67 bits per heavy atom. The zero-order valence-corrected chi connectivity index (χ0v) is 11.0. The molecule has 0 bridgehead atoms. The van der Waals surface area contributed by atoms with E-state index < -0.39 is 5.97 Å². The van der Waals surface area contributed by atoms with Gasteiger partial charge in [-0.25, -0.2) is 9.78 Å². The highest BCUT2D eigenvalue weighted by atomic mass is 32.1. The summed E-state index contributed by atoms with van der Waals surface area (Å²) in [6, 6.07) is 8.00. The third-order valence-electron chi connectivity index (χ3n) is 2.81. The van der Waals surface area contributed by atoms with Gasteiger partial charge in [0.2, 0.25) is 0 Å². The molecule has 0 saturated heterocycles. The zero-order valence-electron chi connectivity index (χ0n) is 10.2. The molecule has 1 aromatic carbocycles. The Morgan fingerprint density at radius 1 is 1.33 bits per heavy atom. The zero-order chi connectivity index (χ0) is 13.0. The SMILES string of the molecule is CCCCc1ccc(-c2ncsc2C(=O)O)cc1. The summed E-state index contributed by atoms with van der Waals surface area (Å²) < 4.78 is 0. The van der Waals surface area contributed by atoms with Gasteiger partial charge in [0.1, 0.15) is 4.88 Å². The van der Waals surface area contributed by atoms with Crippen molar-refractivity contribution in [2.45, 2.75) is 26.2 Å². The highest BCUT2D eigenvalue weighted by molar-refractivity contribution is 7.12. The maximum absolute atomic E-state index is 11.0. The largest absolute Gasteiger partial charge is 0.477 e. The standard InChI is InChI=1S/C14H15NO2S/c1-2-3-4-10-5-7-11(8-6-10)12-13(14(16)17)18-9-15-12/h5-9H,2-4H2,1H3,(H,16,17). The molecule has 94 valence electrons. The third-order valence-corrected chi connectivity index (χ3v) is 3.62. The van der Waals surface area contributed by atoms with E-state index in [1.165, 1.54) is 18.4 Å². The van der Waals surface area contributed by atoms with Gasteiger partial charge in [-0.1, -0.05) is 37.6 Å². The first-order valence-electron chi connectivity index (χ1n) is 5.98. The molecule has 2 aromatic rings. The van der Waals surface area contributed by atoms with Crippen molar-refractivity contribution in [3.05, 3.63) is 40.2 Å². The predicted molar refractivity (Wildman–Crippen MR) is 73.1 cm³/mol. The van der Waals surface area contributed by atoms with Gasteiger partial charge in [-0.15, -0.1) is 11.3 Å². The van der Waals surface area contributed by atoms with Crippen LogP contribution < -0.4 is 0 Å². The molecule has 0 aliphatic carbocycles. The summed E-state index contributed by atoms with van der Waals surface area (Å²) in [5, 5.41) is 9.06. The van der Waals surface area contributed by atoms with E-state index >= 15 is 0 Å². The molecular weight excluding hydrogens is 246 g/mol. The van der Waals surface area contributed by atoms with Gasteiger partial charge in [0.25, 0.3) is 0 Å². The fourth-order valence-corrected chi connectivity index (χ4v) is 2.46. The number of aryl methyl sites for hydroxylation is 1. The molecule has 0 atom stereocenters. The monoisotopic (exact) mass is 261 g/mol. The van der Waals surface area contributed by atoms with Crippen molar-refractivity contribution in [1.29, 1.82) is 0 Å². The first kappa shape index (κ1) is 12.8. The molecule has 1 heterocycles.